The second-order valence-corrected chi connectivity index (χ2v) is 16.4. The highest BCUT2D eigenvalue weighted by Gasteiger charge is 2.57. The summed E-state index contributed by atoms with van der Waals surface area (Å²) in [5.41, 5.74) is 5.85. The highest BCUT2D eigenvalue weighted by Crippen LogP contribution is 2.54. The molecule has 8 atom stereocenters. The Morgan fingerprint density at radius 2 is 0.964 bits per heavy atom. The molecule has 0 radical (unpaired) electrons. The van der Waals surface area contributed by atoms with Gasteiger partial charge in [0, 0.05) is 12.1 Å². The number of aromatic nitrogens is 4. The van der Waals surface area contributed by atoms with E-state index in [-0.39, 0.29) is 47.8 Å². The number of carbonyl (C=O) groups excluding carboxylic acids is 4. The van der Waals surface area contributed by atoms with Crippen LogP contribution in [-0.4, -0.2) is 92.1 Å². The van der Waals surface area contributed by atoms with Crippen molar-refractivity contribution in [1.82, 2.24) is 40.4 Å². The van der Waals surface area contributed by atoms with Crippen molar-refractivity contribution in [3.63, 3.8) is 0 Å². The van der Waals surface area contributed by atoms with E-state index in [4.69, 9.17) is 19.4 Å². The van der Waals surface area contributed by atoms with Gasteiger partial charge < -0.3 is 39.9 Å². The van der Waals surface area contributed by atoms with Crippen LogP contribution in [0.4, 0.5) is 9.59 Å². The molecule has 2 aromatic carbocycles. The Morgan fingerprint density at radius 3 is 1.30 bits per heavy atom. The third-order valence-corrected chi connectivity index (χ3v) is 12.0. The molecule has 2 aromatic heterocycles. The fraction of sp³-hybridized carbons (Fsp3) is 0.476. The van der Waals surface area contributed by atoms with Gasteiger partial charge in [-0.2, -0.15) is 0 Å². The molecule has 8 rings (SSSR count). The lowest BCUT2D eigenvalue weighted by atomic mass is 10.0. The number of aromatic amines is 2. The van der Waals surface area contributed by atoms with Crippen LogP contribution in [0.25, 0.3) is 33.6 Å². The van der Waals surface area contributed by atoms with Crippen LogP contribution in [0.3, 0.4) is 0 Å². The zero-order valence-corrected chi connectivity index (χ0v) is 32.6. The van der Waals surface area contributed by atoms with Gasteiger partial charge in [0.05, 0.1) is 50.1 Å². The molecule has 14 nitrogen and oxygen atoms in total. The van der Waals surface area contributed by atoms with E-state index in [2.05, 4.69) is 69.1 Å². The number of likely N-dealkylation sites (tertiary alicyclic amines) is 2. The summed E-state index contributed by atoms with van der Waals surface area (Å²) in [7, 11) is 2.60. The number of ether oxygens (including phenoxy) is 2. The highest BCUT2D eigenvalue weighted by atomic mass is 16.5. The molecular weight excluding hydrogens is 713 g/mol. The second-order valence-electron chi connectivity index (χ2n) is 16.4. The number of H-pyrrole nitrogens is 2. The summed E-state index contributed by atoms with van der Waals surface area (Å²) in [4.78, 5) is 71.9. The average Bonchev–Trinajstić information content (AvgIpc) is 3.79. The largest absolute Gasteiger partial charge is 0.453 e. The fourth-order valence-corrected chi connectivity index (χ4v) is 8.74. The van der Waals surface area contributed by atoms with Crippen molar-refractivity contribution < 1.29 is 28.7 Å². The summed E-state index contributed by atoms with van der Waals surface area (Å²) in [5.74, 6) is 2.01. The smallest absolute Gasteiger partial charge is 0.407 e. The molecule has 2 aliphatic carbocycles. The maximum absolute atomic E-state index is 13.8. The van der Waals surface area contributed by atoms with Gasteiger partial charge >= 0.3 is 12.2 Å². The minimum atomic E-state index is -0.676. The predicted molar refractivity (Wildman–Crippen MR) is 208 cm³/mol. The molecule has 14 heteroatoms. The van der Waals surface area contributed by atoms with E-state index in [1.807, 2.05) is 49.9 Å². The first kappa shape index (κ1) is 37.3. The van der Waals surface area contributed by atoms with E-state index < -0.39 is 24.3 Å². The normalized spacial score (nSPS) is 24.4. The van der Waals surface area contributed by atoms with Gasteiger partial charge in [-0.3, -0.25) is 9.59 Å². The number of amides is 4. The lowest BCUT2D eigenvalue weighted by molar-refractivity contribution is -0.137. The van der Waals surface area contributed by atoms with Crippen LogP contribution in [0, 0.1) is 23.7 Å². The fourth-order valence-electron chi connectivity index (χ4n) is 8.74. The van der Waals surface area contributed by atoms with Crippen LogP contribution in [0.2, 0.25) is 0 Å². The van der Waals surface area contributed by atoms with Gasteiger partial charge in [0.2, 0.25) is 11.8 Å². The number of imidazole rings is 2. The number of piperidine rings is 2. The molecule has 294 valence electrons. The SMILES string of the molecule is COC(=O)N[C@@H](C(=O)N1[C@@H]2C[C@@H]2C[C@H]1c1ncc(-c2ccc(-c3ccc(-c4cnc([C@@H]5C[C@H]6C[C@H]6N5C(=O)[C@H](NC(=O)OC)C(C)C)[nH]4)cc3)cc2)[nH]1)C(C)C. The molecule has 2 aliphatic heterocycles. The molecule has 0 spiro atoms. The monoisotopic (exact) mass is 762 g/mol. The predicted octanol–water partition coefficient (Wildman–Crippen LogP) is 6.22. The van der Waals surface area contributed by atoms with Crippen molar-refractivity contribution >= 4 is 24.0 Å². The van der Waals surface area contributed by atoms with Crippen LogP contribution in [-0.2, 0) is 19.1 Å². The van der Waals surface area contributed by atoms with Gasteiger partial charge in [0.1, 0.15) is 23.7 Å². The lowest BCUT2D eigenvalue weighted by Gasteiger charge is -2.31. The maximum atomic E-state index is 13.8. The summed E-state index contributed by atoms with van der Waals surface area (Å²) in [5, 5.41) is 5.47. The van der Waals surface area contributed by atoms with Crippen molar-refractivity contribution in [2.75, 3.05) is 14.2 Å². The minimum absolute atomic E-state index is 0.0971. The van der Waals surface area contributed by atoms with Gasteiger partial charge in [-0.15, -0.1) is 0 Å². The Labute approximate surface area is 326 Å². The van der Waals surface area contributed by atoms with Crippen LogP contribution in [0.1, 0.15) is 77.1 Å². The van der Waals surface area contributed by atoms with E-state index in [0.717, 1.165) is 71.0 Å². The Balaban J connectivity index is 0.931. The highest BCUT2D eigenvalue weighted by molar-refractivity contribution is 5.88. The number of hydrogen-bond donors (Lipinski definition) is 4. The number of rotatable bonds is 11. The van der Waals surface area contributed by atoms with Crippen LogP contribution >= 0.6 is 0 Å². The molecule has 0 unspecified atom stereocenters. The molecule has 2 saturated carbocycles. The summed E-state index contributed by atoms with van der Waals surface area (Å²) >= 11 is 0. The molecule has 4 fully saturated rings. The lowest BCUT2D eigenvalue weighted by Crippen LogP contribution is -2.52. The summed E-state index contributed by atoms with van der Waals surface area (Å²) in [6.07, 6.45) is 6.06. The van der Waals surface area contributed by atoms with Crippen molar-refractivity contribution in [1.29, 1.82) is 0 Å². The third kappa shape index (κ3) is 7.01. The topological polar surface area (TPSA) is 175 Å². The number of alkyl carbamates (subject to hydrolysis) is 2. The van der Waals surface area contributed by atoms with E-state index in [0.29, 0.717) is 11.8 Å². The first-order valence-electron chi connectivity index (χ1n) is 19.6. The molecule has 4 aliphatic rings. The Hall–Kier alpha value is -5.66. The van der Waals surface area contributed by atoms with Crippen LogP contribution in [0.5, 0.6) is 0 Å². The number of fused-ring (bicyclic) bond motifs is 2. The Morgan fingerprint density at radius 1 is 0.607 bits per heavy atom. The van der Waals surface area contributed by atoms with Crippen molar-refractivity contribution in [3.8, 4) is 33.6 Å². The standard InChI is InChI=1S/C42H50N8O6/c1-21(2)35(47-41(53)55-5)39(51)49-31-15-27(31)17-33(49)37-43-19-29(45-37)25-11-7-23(8-12-25)24-9-13-26(14-10-24)30-20-44-38(46-30)34-18-28-16-32(28)50(34)40(52)36(22(3)4)48-42(54)56-6/h7-14,19-22,27-28,31-36H,15-18H2,1-6H3,(H,43,45)(H,44,46)(H,47,53)(H,48,54)/t27-,28-,31-,32-,33+,34+,35-,36-/m1/s1. The average molecular weight is 763 g/mol. The molecular formula is C42H50N8O6. The van der Waals surface area contributed by atoms with E-state index in [9.17, 15) is 19.2 Å². The number of nitrogens with zero attached hydrogens (tertiary/aromatic N) is 4. The summed E-state index contributed by atoms with van der Waals surface area (Å²) in [6, 6.07) is 15.2. The zero-order chi connectivity index (χ0) is 39.4. The van der Waals surface area contributed by atoms with E-state index >= 15 is 0 Å². The number of nitrogens with one attached hydrogen (secondary N) is 4. The number of methoxy groups -OCH3 is 2. The minimum Gasteiger partial charge on any atom is -0.453 e. The van der Waals surface area contributed by atoms with Crippen molar-refractivity contribution in [2.24, 2.45) is 23.7 Å². The van der Waals surface area contributed by atoms with Gasteiger partial charge in [-0.25, -0.2) is 19.6 Å². The van der Waals surface area contributed by atoms with Gasteiger partial charge in [0.25, 0.3) is 0 Å². The van der Waals surface area contributed by atoms with Gasteiger partial charge in [-0.05, 0) is 71.6 Å². The number of hydrogen-bond acceptors (Lipinski definition) is 8. The zero-order valence-electron chi connectivity index (χ0n) is 32.6. The third-order valence-electron chi connectivity index (χ3n) is 12.0. The first-order chi connectivity index (χ1) is 26.9. The molecule has 2 saturated heterocycles. The summed E-state index contributed by atoms with van der Waals surface area (Å²) < 4.78 is 9.58. The maximum Gasteiger partial charge on any atom is 0.407 e. The van der Waals surface area contributed by atoms with Crippen LogP contribution < -0.4 is 10.6 Å². The Bertz CT molecular complexity index is 1960. The molecule has 56 heavy (non-hydrogen) atoms. The number of carbonyl (C=O) groups is 4. The molecule has 4 N–H and O–H groups in total. The summed E-state index contributed by atoms with van der Waals surface area (Å²) in [6.45, 7) is 7.67. The molecule has 0 bridgehead atoms. The van der Waals surface area contributed by atoms with E-state index in [1.54, 1.807) is 0 Å². The van der Waals surface area contributed by atoms with E-state index in [1.165, 1.54) is 14.2 Å². The second kappa shape index (κ2) is 14.8. The molecule has 4 aromatic rings. The van der Waals surface area contributed by atoms with Gasteiger partial charge in [-0.1, -0.05) is 76.2 Å². The van der Waals surface area contributed by atoms with Crippen molar-refractivity contribution in [2.45, 2.75) is 89.6 Å². The Kier molecular flexibility index (Phi) is 9.83. The van der Waals surface area contributed by atoms with Crippen molar-refractivity contribution in [3.05, 3.63) is 72.6 Å². The first-order valence-corrected chi connectivity index (χ1v) is 19.6. The molecule has 4 heterocycles. The van der Waals surface area contributed by atoms with Gasteiger partial charge in [0.15, 0.2) is 0 Å². The quantitative estimate of drug-likeness (QED) is 0.139. The molecule has 4 amide bonds. The number of benzene rings is 2. The van der Waals surface area contributed by atoms with Crippen LogP contribution in [0.15, 0.2) is 60.9 Å².